The van der Waals surface area contributed by atoms with Crippen molar-refractivity contribution >= 4 is 17.6 Å². The highest BCUT2D eigenvalue weighted by Crippen LogP contribution is 2.20. The Balaban J connectivity index is 2.12. The molecule has 1 aliphatic heterocycles. The number of carbonyl (C=O) groups is 1. The molecular weight excluding hydrogens is 268 g/mol. The second-order valence-electron chi connectivity index (χ2n) is 5.55. The van der Waals surface area contributed by atoms with Crippen LogP contribution in [0.15, 0.2) is 29.4 Å². The Labute approximate surface area is 124 Å². The molecule has 0 saturated carbocycles. The van der Waals surface area contributed by atoms with Crippen LogP contribution in [-0.2, 0) is 0 Å². The summed E-state index contributed by atoms with van der Waals surface area (Å²) in [6, 6.07) is 7.07. The van der Waals surface area contributed by atoms with Crippen LogP contribution >= 0.6 is 0 Å². The predicted octanol–water partition coefficient (Wildman–Crippen LogP) is 2.07. The molecule has 3 N–H and O–H groups in total. The van der Waals surface area contributed by atoms with Crippen molar-refractivity contribution in [1.82, 2.24) is 4.90 Å². The number of amides is 2. The summed E-state index contributed by atoms with van der Waals surface area (Å²) in [6.45, 7) is 3.81. The SMILES string of the molecule is CC1CCN(C(=O)N(C)c2cccc(C(N)=NO)c2)CC1. The summed E-state index contributed by atoms with van der Waals surface area (Å²) < 4.78 is 0. The molecule has 1 aromatic carbocycles. The van der Waals surface area contributed by atoms with Crippen molar-refractivity contribution in [3.63, 3.8) is 0 Å². The Bertz CT molecular complexity index is 536. The number of hydrogen-bond donors (Lipinski definition) is 2. The van der Waals surface area contributed by atoms with Crippen LogP contribution in [0.2, 0.25) is 0 Å². The number of rotatable bonds is 2. The van der Waals surface area contributed by atoms with Crippen LogP contribution in [0.4, 0.5) is 10.5 Å². The third-order valence-corrected chi connectivity index (χ3v) is 3.98. The molecule has 2 rings (SSSR count). The van der Waals surface area contributed by atoms with Gasteiger partial charge in [0.2, 0.25) is 0 Å². The Kier molecular flexibility index (Phi) is 4.67. The van der Waals surface area contributed by atoms with Crippen LogP contribution in [0.5, 0.6) is 0 Å². The van der Waals surface area contributed by atoms with Gasteiger partial charge in [-0.25, -0.2) is 4.79 Å². The van der Waals surface area contributed by atoms with E-state index in [-0.39, 0.29) is 11.9 Å². The van der Waals surface area contributed by atoms with Crippen molar-refractivity contribution in [3.8, 4) is 0 Å². The first-order valence-corrected chi connectivity index (χ1v) is 7.13. The molecule has 21 heavy (non-hydrogen) atoms. The molecule has 1 aromatic rings. The molecule has 114 valence electrons. The first kappa shape index (κ1) is 15.2. The number of amidine groups is 1. The van der Waals surface area contributed by atoms with Crippen LogP contribution in [0.3, 0.4) is 0 Å². The van der Waals surface area contributed by atoms with E-state index >= 15 is 0 Å². The van der Waals surface area contributed by atoms with Gasteiger partial charge in [-0.05, 0) is 30.9 Å². The minimum atomic E-state index is -0.0152. The van der Waals surface area contributed by atoms with E-state index in [4.69, 9.17) is 10.9 Å². The lowest BCUT2D eigenvalue weighted by atomic mass is 9.99. The number of anilines is 1. The number of oxime groups is 1. The number of benzene rings is 1. The maximum atomic E-state index is 12.5. The van der Waals surface area contributed by atoms with Gasteiger partial charge in [0.1, 0.15) is 0 Å². The molecule has 0 aromatic heterocycles. The van der Waals surface area contributed by atoms with Gasteiger partial charge in [0, 0.05) is 31.4 Å². The fourth-order valence-electron chi connectivity index (χ4n) is 2.45. The average molecular weight is 290 g/mol. The molecule has 1 aliphatic rings. The zero-order valence-corrected chi connectivity index (χ0v) is 12.5. The van der Waals surface area contributed by atoms with Gasteiger partial charge in [-0.2, -0.15) is 0 Å². The highest BCUT2D eigenvalue weighted by atomic mass is 16.4. The number of hydrogen-bond acceptors (Lipinski definition) is 3. The number of nitrogens with two attached hydrogens (primary N) is 1. The lowest BCUT2D eigenvalue weighted by Gasteiger charge is -2.33. The fraction of sp³-hybridized carbons (Fsp3) is 0.467. The van der Waals surface area contributed by atoms with Gasteiger partial charge in [0.05, 0.1) is 0 Å². The van der Waals surface area contributed by atoms with Crippen molar-refractivity contribution in [2.75, 3.05) is 25.0 Å². The molecule has 1 heterocycles. The molecule has 0 spiro atoms. The molecule has 6 heteroatoms. The summed E-state index contributed by atoms with van der Waals surface area (Å²) in [5, 5.41) is 11.7. The minimum Gasteiger partial charge on any atom is -0.409 e. The standard InChI is InChI=1S/C15H22N4O2/c1-11-6-8-19(9-7-11)15(20)18(2)13-5-3-4-12(10-13)14(16)17-21/h3-5,10-11,21H,6-9H2,1-2H3,(H2,16,17). The number of urea groups is 1. The molecule has 1 fully saturated rings. The molecule has 1 saturated heterocycles. The smallest absolute Gasteiger partial charge is 0.324 e. The molecule has 0 radical (unpaired) electrons. The first-order valence-electron chi connectivity index (χ1n) is 7.13. The monoisotopic (exact) mass is 290 g/mol. The number of likely N-dealkylation sites (tertiary alicyclic amines) is 1. The first-order chi connectivity index (χ1) is 10.0. The highest BCUT2D eigenvalue weighted by molar-refractivity contribution is 5.99. The summed E-state index contributed by atoms with van der Waals surface area (Å²) in [5.74, 6) is 0.716. The van der Waals surface area contributed by atoms with E-state index in [2.05, 4.69) is 12.1 Å². The summed E-state index contributed by atoms with van der Waals surface area (Å²) in [7, 11) is 1.74. The molecule has 0 atom stereocenters. The van der Waals surface area contributed by atoms with Crippen LogP contribution in [-0.4, -0.2) is 42.1 Å². The van der Waals surface area contributed by atoms with E-state index in [1.54, 1.807) is 30.1 Å². The number of piperidine rings is 1. The highest BCUT2D eigenvalue weighted by Gasteiger charge is 2.23. The summed E-state index contributed by atoms with van der Waals surface area (Å²) in [5.41, 5.74) is 6.89. The van der Waals surface area contributed by atoms with E-state index in [1.807, 2.05) is 11.0 Å². The lowest BCUT2D eigenvalue weighted by molar-refractivity contribution is 0.181. The number of nitrogens with zero attached hydrogens (tertiary/aromatic N) is 3. The van der Waals surface area contributed by atoms with Gasteiger partial charge < -0.3 is 15.8 Å². The van der Waals surface area contributed by atoms with Crippen LogP contribution < -0.4 is 10.6 Å². The van der Waals surface area contributed by atoms with Crippen molar-refractivity contribution in [2.45, 2.75) is 19.8 Å². The Morgan fingerprint density at radius 1 is 1.43 bits per heavy atom. The molecule has 0 aliphatic carbocycles. The van der Waals surface area contributed by atoms with Crippen LogP contribution in [0.25, 0.3) is 0 Å². The predicted molar refractivity (Wildman–Crippen MR) is 82.7 cm³/mol. The quantitative estimate of drug-likeness (QED) is 0.378. The van der Waals surface area contributed by atoms with Crippen molar-refractivity contribution in [3.05, 3.63) is 29.8 Å². The third-order valence-electron chi connectivity index (χ3n) is 3.98. The maximum Gasteiger partial charge on any atom is 0.324 e. The largest absolute Gasteiger partial charge is 0.409 e. The van der Waals surface area contributed by atoms with E-state index in [1.165, 1.54) is 0 Å². The summed E-state index contributed by atoms with van der Waals surface area (Å²) >= 11 is 0. The van der Waals surface area contributed by atoms with Crippen molar-refractivity contribution in [1.29, 1.82) is 0 Å². The second kappa shape index (κ2) is 6.47. The molecule has 0 unspecified atom stereocenters. The van der Waals surface area contributed by atoms with E-state index in [0.29, 0.717) is 11.5 Å². The zero-order valence-electron chi connectivity index (χ0n) is 12.5. The van der Waals surface area contributed by atoms with Crippen LogP contribution in [0.1, 0.15) is 25.3 Å². The van der Waals surface area contributed by atoms with Gasteiger partial charge in [0.15, 0.2) is 5.84 Å². The van der Waals surface area contributed by atoms with Gasteiger partial charge in [-0.3, -0.25) is 4.90 Å². The van der Waals surface area contributed by atoms with Gasteiger partial charge in [-0.1, -0.05) is 24.2 Å². The Morgan fingerprint density at radius 2 is 2.10 bits per heavy atom. The molecular formula is C15H22N4O2. The number of carbonyl (C=O) groups excluding carboxylic acids is 1. The Morgan fingerprint density at radius 3 is 2.71 bits per heavy atom. The summed E-state index contributed by atoms with van der Waals surface area (Å²) in [4.78, 5) is 16.0. The van der Waals surface area contributed by atoms with Crippen LogP contribution in [0, 0.1) is 5.92 Å². The van der Waals surface area contributed by atoms with E-state index < -0.39 is 0 Å². The summed E-state index contributed by atoms with van der Waals surface area (Å²) in [6.07, 6.45) is 2.09. The Hall–Kier alpha value is -2.24. The van der Waals surface area contributed by atoms with Crippen molar-refractivity contribution in [2.24, 2.45) is 16.8 Å². The second-order valence-corrected chi connectivity index (χ2v) is 5.55. The van der Waals surface area contributed by atoms with Gasteiger partial charge in [-0.15, -0.1) is 0 Å². The van der Waals surface area contributed by atoms with E-state index in [9.17, 15) is 4.79 Å². The van der Waals surface area contributed by atoms with Crippen molar-refractivity contribution < 1.29 is 10.0 Å². The third kappa shape index (κ3) is 3.45. The fourth-order valence-corrected chi connectivity index (χ4v) is 2.45. The van der Waals surface area contributed by atoms with Gasteiger partial charge >= 0.3 is 6.03 Å². The average Bonchev–Trinajstić information content (AvgIpc) is 2.53. The van der Waals surface area contributed by atoms with E-state index in [0.717, 1.165) is 31.6 Å². The molecule has 2 amide bonds. The van der Waals surface area contributed by atoms with Gasteiger partial charge in [0.25, 0.3) is 0 Å². The molecule has 0 bridgehead atoms. The molecule has 6 nitrogen and oxygen atoms in total. The minimum absolute atomic E-state index is 0.0152. The zero-order chi connectivity index (χ0) is 15.4. The topological polar surface area (TPSA) is 82.2 Å². The normalized spacial score (nSPS) is 16.9. The maximum absolute atomic E-state index is 12.5. The lowest BCUT2D eigenvalue weighted by Crippen LogP contribution is -2.45.